The van der Waals surface area contributed by atoms with E-state index in [0.717, 1.165) is 23.4 Å². The number of halogens is 3. The summed E-state index contributed by atoms with van der Waals surface area (Å²) in [5, 5.41) is 3.36. The van der Waals surface area contributed by atoms with Crippen LogP contribution >= 0.6 is 23.2 Å². The number of fused-ring (bicyclic) bond motifs is 3. The van der Waals surface area contributed by atoms with Crippen molar-refractivity contribution in [1.82, 2.24) is 9.47 Å². The van der Waals surface area contributed by atoms with Gasteiger partial charge < -0.3 is 14.8 Å². The van der Waals surface area contributed by atoms with E-state index in [4.69, 9.17) is 23.2 Å². The van der Waals surface area contributed by atoms with Gasteiger partial charge in [-0.3, -0.25) is 9.69 Å². The number of unbranched alkanes of at least 4 members (excludes halogenated alkanes) is 1. The lowest BCUT2D eigenvalue weighted by Crippen LogP contribution is -2.48. The summed E-state index contributed by atoms with van der Waals surface area (Å²) in [5.41, 5.74) is 3.54. The van der Waals surface area contributed by atoms with Crippen molar-refractivity contribution in [2.24, 2.45) is 0 Å². The van der Waals surface area contributed by atoms with Crippen molar-refractivity contribution in [1.29, 1.82) is 0 Å². The summed E-state index contributed by atoms with van der Waals surface area (Å²) in [7, 11) is 0. The number of amides is 3. The smallest absolute Gasteiger partial charge is 0.316 e. The Balaban J connectivity index is 1.50. The Bertz CT molecular complexity index is 1510. The van der Waals surface area contributed by atoms with Crippen molar-refractivity contribution in [3.63, 3.8) is 0 Å². The third kappa shape index (κ3) is 5.37. The zero-order valence-corrected chi connectivity index (χ0v) is 22.8. The van der Waals surface area contributed by atoms with Gasteiger partial charge in [0.25, 0.3) is 0 Å². The van der Waals surface area contributed by atoms with Gasteiger partial charge in [0, 0.05) is 12.7 Å². The highest BCUT2D eigenvalue weighted by Gasteiger charge is 2.37. The first kappa shape index (κ1) is 26.8. The van der Waals surface area contributed by atoms with Crippen LogP contribution in [0.15, 0.2) is 85.1 Å². The number of anilines is 2. The number of benzene rings is 3. The zero-order chi connectivity index (χ0) is 27.5. The molecule has 4 aromatic rings. The lowest BCUT2D eigenvalue weighted by atomic mass is 9.97. The second kappa shape index (κ2) is 11.5. The number of nitrogens with one attached hydrogen (secondary N) is 1. The van der Waals surface area contributed by atoms with Gasteiger partial charge >= 0.3 is 6.03 Å². The van der Waals surface area contributed by atoms with Crippen LogP contribution in [0.2, 0.25) is 10.0 Å². The van der Waals surface area contributed by atoms with Crippen LogP contribution < -0.4 is 10.2 Å². The molecule has 5 rings (SSSR count). The average Bonchev–Trinajstić information content (AvgIpc) is 3.43. The first-order valence-corrected chi connectivity index (χ1v) is 13.5. The minimum absolute atomic E-state index is 0.170. The second-order valence-corrected chi connectivity index (χ2v) is 10.1. The highest BCUT2D eigenvalue weighted by Crippen LogP contribution is 2.42. The molecule has 0 fully saturated rings. The highest BCUT2D eigenvalue weighted by molar-refractivity contribution is 6.44. The van der Waals surface area contributed by atoms with Gasteiger partial charge in [0.1, 0.15) is 18.4 Å². The molecule has 3 amide bonds. The van der Waals surface area contributed by atoms with Crippen LogP contribution in [-0.2, 0) is 4.79 Å². The van der Waals surface area contributed by atoms with Crippen LogP contribution in [0.1, 0.15) is 37.1 Å². The number of nitrogens with zero attached hydrogens (tertiary/aromatic N) is 3. The first-order valence-electron chi connectivity index (χ1n) is 12.7. The Hall–Kier alpha value is -3.81. The molecule has 200 valence electrons. The summed E-state index contributed by atoms with van der Waals surface area (Å²) in [6.07, 6.45) is 3.50. The van der Waals surface area contributed by atoms with Crippen molar-refractivity contribution in [3.05, 3.63) is 112 Å². The summed E-state index contributed by atoms with van der Waals surface area (Å²) in [6, 6.07) is 21.7. The molecule has 1 unspecified atom stereocenters. The first-order chi connectivity index (χ1) is 18.9. The topological polar surface area (TPSA) is 57.6 Å². The molecule has 0 radical (unpaired) electrons. The van der Waals surface area contributed by atoms with Crippen LogP contribution in [0.3, 0.4) is 0 Å². The SMILES string of the molecule is CCCCN(CC(=O)N1c2ccccc2-n2cccc2C1c1ccc(F)cc1)C(=O)Nc1cccc(Cl)c1Cl. The van der Waals surface area contributed by atoms with Crippen LogP contribution in [0.25, 0.3) is 5.69 Å². The maximum Gasteiger partial charge on any atom is 0.322 e. The maximum atomic E-state index is 14.2. The van der Waals surface area contributed by atoms with Crippen molar-refractivity contribution < 1.29 is 14.0 Å². The fraction of sp³-hybridized carbons (Fsp3) is 0.200. The molecule has 2 heterocycles. The molecular weight excluding hydrogens is 538 g/mol. The Morgan fingerprint density at radius 3 is 2.44 bits per heavy atom. The monoisotopic (exact) mass is 564 g/mol. The molecule has 39 heavy (non-hydrogen) atoms. The van der Waals surface area contributed by atoms with E-state index in [2.05, 4.69) is 5.32 Å². The Labute approximate surface area is 236 Å². The Morgan fingerprint density at radius 2 is 1.69 bits per heavy atom. The largest absolute Gasteiger partial charge is 0.322 e. The molecule has 3 aromatic carbocycles. The van der Waals surface area contributed by atoms with Gasteiger partial charge in [-0.15, -0.1) is 0 Å². The summed E-state index contributed by atoms with van der Waals surface area (Å²) in [6.45, 7) is 2.22. The molecule has 1 N–H and O–H groups in total. The number of hydrogen-bond acceptors (Lipinski definition) is 2. The average molecular weight is 565 g/mol. The molecule has 0 saturated heterocycles. The van der Waals surface area contributed by atoms with Crippen molar-refractivity contribution >= 4 is 46.5 Å². The van der Waals surface area contributed by atoms with Gasteiger partial charge in [0.2, 0.25) is 5.91 Å². The van der Waals surface area contributed by atoms with E-state index in [9.17, 15) is 14.0 Å². The molecule has 0 aliphatic carbocycles. The number of carbonyl (C=O) groups is 2. The molecule has 0 bridgehead atoms. The molecular formula is C30H27Cl2FN4O2. The lowest BCUT2D eigenvalue weighted by Gasteiger charge is -2.39. The number of rotatable bonds is 7. The van der Waals surface area contributed by atoms with Gasteiger partial charge in [-0.1, -0.05) is 66.9 Å². The number of para-hydroxylation sites is 2. The van der Waals surface area contributed by atoms with Crippen molar-refractivity contribution in [3.8, 4) is 5.69 Å². The summed E-state index contributed by atoms with van der Waals surface area (Å²) < 4.78 is 15.9. The predicted molar refractivity (Wildman–Crippen MR) is 153 cm³/mol. The molecule has 6 nitrogen and oxygen atoms in total. The molecule has 0 spiro atoms. The van der Waals surface area contributed by atoms with E-state index in [1.165, 1.54) is 17.0 Å². The number of carbonyl (C=O) groups excluding carboxylic acids is 2. The van der Waals surface area contributed by atoms with E-state index in [1.54, 1.807) is 35.2 Å². The number of hydrogen-bond donors (Lipinski definition) is 1. The third-order valence-electron chi connectivity index (χ3n) is 6.76. The molecule has 0 saturated carbocycles. The van der Waals surface area contributed by atoms with Gasteiger partial charge in [0.15, 0.2) is 0 Å². The summed E-state index contributed by atoms with van der Waals surface area (Å²) >= 11 is 12.4. The molecule has 1 aliphatic rings. The minimum Gasteiger partial charge on any atom is -0.316 e. The summed E-state index contributed by atoms with van der Waals surface area (Å²) in [5.74, 6) is -0.627. The standard InChI is InChI=1S/C30H27Cl2FN4O2/c1-2-3-17-35(30(39)34-23-9-6-8-22(31)28(23)32)19-27(38)37-25-11-5-4-10-24(25)36-18-7-12-26(36)29(37)20-13-15-21(33)16-14-20/h4-16,18,29H,2-3,17,19H2,1H3,(H,34,39). The molecule has 1 aromatic heterocycles. The van der Waals surface area contributed by atoms with Crippen LogP contribution in [0.5, 0.6) is 0 Å². The van der Waals surface area contributed by atoms with E-state index in [1.807, 2.05) is 54.1 Å². The number of aromatic nitrogens is 1. The number of urea groups is 1. The van der Waals surface area contributed by atoms with Crippen LogP contribution in [0, 0.1) is 5.82 Å². The molecule has 9 heteroatoms. The van der Waals surface area contributed by atoms with Gasteiger partial charge in [0.05, 0.1) is 32.8 Å². The molecule has 1 aliphatic heterocycles. The van der Waals surface area contributed by atoms with Crippen LogP contribution in [-0.4, -0.2) is 34.5 Å². The fourth-order valence-corrected chi connectivity index (χ4v) is 5.21. The van der Waals surface area contributed by atoms with E-state index in [-0.39, 0.29) is 23.3 Å². The van der Waals surface area contributed by atoms with Gasteiger partial charge in [-0.2, -0.15) is 0 Å². The van der Waals surface area contributed by atoms with E-state index in [0.29, 0.717) is 29.4 Å². The third-order valence-corrected chi connectivity index (χ3v) is 7.58. The van der Waals surface area contributed by atoms with Crippen molar-refractivity contribution in [2.45, 2.75) is 25.8 Å². The quantitative estimate of drug-likeness (QED) is 0.250. The van der Waals surface area contributed by atoms with E-state index < -0.39 is 12.1 Å². The Morgan fingerprint density at radius 1 is 0.949 bits per heavy atom. The minimum atomic E-state index is -0.513. The van der Waals surface area contributed by atoms with Gasteiger partial charge in [-0.05, 0) is 60.5 Å². The molecule has 1 atom stereocenters. The van der Waals surface area contributed by atoms with Gasteiger partial charge in [-0.25, -0.2) is 9.18 Å². The zero-order valence-electron chi connectivity index (χ0n) is 21.3. The lowest BCUT2D eigenvalue weighted by molar-refractivity contribution is -0.119. The normalized spacial score (nSPS) is 13.9. The maximum absolute atomic E-state index is 14.2. The second-order valence-electron chi connectivity index (χ2n) is 9.32. The predicted octanol–water partition coefficient (Wildman–Crippen LogP) is 7.69. The highest BCUT2D eigenvalue weighted by atomic mass is 35.5. The van der Waals surface area contributed by atoms with Crippen LogP contribution in [0.4, 0.5) is 20.6 Å². The Kier molecular flexibility index (Phi) is 7.91. The fourth-order valence-electron chi connectivity index (χ4n) is 4.86. The van der Waals surface area contributed by atoms with Crippen molar-refractivity contribution in [2.75, 3.05) is 23.3 Å². The summed E-state index contributed by atoms with van der Waals surface area (Å²) in [4.78, 5) is 30.7. The van der Waals surface area contributed by atoms with E-state index >= 15 is 0 Å².